The fourth-order valence-electron chi connectivity index (χ4n) is 3.82. The highest BCUT2D eigenvalue weighted by Gasteiger charge is 2.36. The van der Waals surface area contributed by atoms with Crippen LogP contribution in [0.15, 0.2) is 0 Å². The highest BCUT2D eigenvalue weighted by atomic mass is 15.3. The first-order valence-corrected chi connectivity index (χ1v) is 8.21. The van der Waals surface area contributed by atoms with E-state index >= 15 is 0 Å². The quantitative estimate of drug-likeness (QED) is 0.907. The van der Waals surface area contributed by atoms with E-state index in [1.165, 1.54) is 36.2 Å². The van der Waals surface area contributed by atoms with E-state index in [0.717, 1.165) is 12.5 Å². The fraction of sp³-hybridized carbons (Fsp3) is 0.824. The minimum Gasteiger partial charge on any atom is -0.312 e. The molecule has 0 amide bonds. The van der Waals surface area contributed by atoms with E-state index in [-0.39, 0.29) is 0 Å². The molecule has 3 heteroatoms. The molecule has 1 heterocycles. The van der Waals surface area contributed by atoms with Gasteiger partial charge in [0.2, 0.25) is 0 Å². The zero-order valence-electron chi connectivity index (χ0n) is 14.0. The number of aromatic nitrogens is 2. The van der Waals surface area contributed by atoms with Gasteiger partial charge < -0.3 is 5.32 Å². The number of rotatable bonds is 4. The van der Waals surface area contributed by atoms with Crippen LogP contribution in [0.25, 0.3) is 0 Å². The van der Waals surface area contributed by atoms with Crippen LogP contribution in [0.2, 0.25) is 0 Å². The molecular weight excluding hydrogens is 246 g/mol. The van der Waals surface area contributed by atoms with Crippen LogP contribution >= 0.6 is 0 Å². The molecule has 4 unspecified atom stereocenters. The summed E-state index contributed by atoms with van der Waals surface area (Å²) in [5.74, 6) is 1.50. The minimum absolute atomic E-state index is 0.505. The summed E-state index contributed by atoms with van der Waals surface area (Å²) in [5, 5.41) is 8.62. The van der Waals surface area contributed by atoms with Crippen LogP contribution in [0.4, 0.5) is 0 Å². The van der Waals surface area contributed by atoms with Gasteiger partial charge in [0, 0.05) is 11.7 Å². The van der Waals surface area contributed by atoms with Gasteiger partial charge in [-0.3, -0.25) is 4.68 Å². The van der Waals surface area contributed by atoms with Crippen molar-refractivity contribution in [2.75, 3.05) is 6.54 Å². The summed E-state index contributed by atoms with van der Waals surface area (Å²) in [7, 11) is 0. The Kier molecular flexibility index (Phi) is 4.90. The van der Waals surface area contributed by atoms with Crippen LogP contribution in [0.5, 0.6) is 0 Å². The topological polar surface area (TPSA) is 29.9 Å². The monoisotopic (exact) mass is 277 g/mol. The van der Waals surface area contributed by atoms with E-state index in [1.54, 1.807) is 0 Å². The van der Waals surface area contributed by atoms with E-state index in [0.29, 0.717) is 18.0 Å². The second kappa shape index (κ2) is 6.30. The van der Waals surface area contributed by atoms with Crippen LogP contribution in [0.3, 0.4) is 0 Å². The van der Waals surface area contributed by atoms with Crippen LogP contribution in [0, 0.1) is 32.6 Å². The molecule has 0 aliphatic heterocycles. The van der Waals surface area contributed by atoms with Crippen LogP contribution in [-0.2, 0) is 0 Å². The predicted octanol–water partition coefficient (Wildman–Crippen LogP) is 3.78. The van der Waals surface area contributed by atoms with Crippen molar-refractivity contribution < 1.29 is 0 Å². The maximum Gasteiger partial charge on any atom is 0.0701 e. The Labute approximate surface area is 124 Å². The summed E-state index contributed by atoms with van der Waals surface area (Å²) in [5.41, 5.74) is 3.88. The Morgan fingerprint density at radius 3 is 2.45 bits per heavy atom. The first-order valence-electron chi connectivity index (χ1n) is 8.21. The molecule has 1 aromatic rings. The third-order valence-corrected chi connectivity index (χ3v) is 5.05. The van der Waals surface area contributed by atoms with Gasteiger partial charge in [0.05, 0.1) is 11.7 Å². The molecule has 0 aromatic carbocycles. The Balaban J connectivity index is 2.30. The highest BCUT2D eigenvalue weighted by Crippen LogP contribution is 2.38. The second-order valence-corrected chi connectivity index (χ2v) is 6.85. The average Bonchev–Trinajstić information content (AvgIpc) is 2.63. The molecule has 114 valence electrons. The molecular formula is C17H31N3. The summed E-state index contributed by atoms with van der Waals surface area (Å²) in [6.07, 6.45) is 3.78. The van der Waals surface area contributed by atoms with Gasteiger partial charge in [-0.1, -0.05) is 20.8 Å². The normalized spacial score (nSPS) is 30.7. The molecule has 1 fully saturated rings. The first kappa shape index (κ1) is 15.6. The van der Waals surface area contributed by atoms with Crippen molar-refractivity contribution in [3.63, 3.8) is 0 Å². The molecule has 1 saturated carbocycles. The molecule has 1 N–H and O–H groups in total. The standard InChI is InChI=1S/C17H31N3/c1-7-8-18-16-10-11(2)9-12(3)17(16)20-15(6)13(4)14(5)19-20/h11-12,16-18H,7-10H2,1-6H3. The van der Waals surface area contributed by atoms with Gasteiger partial charge in [0.15, 0.2) is 0 Å². The Hall–Kier alpha value is -0.830. The lowest BCUT2D eigenvalue weighted by Crippen LogP contribution is -2.46. The molecule has 0 radical (unpaired) electrons. The summed E-state index contributed by atoms with van der Waals surface area (Å²) in [6.45, 7) is 14.7. The molecule has 4 atom stereocenters. The third kappa shape index (κ3) is 2.93. The van der Waals surface area contributed by atoms with Crippen molar-refractivity contribution in [2.24, 2.45) is 11.8 Å². The number of aryl methyl sites for hydroxylation is 1. The van der Waals surface area contributed by atoms with Gasteiger partial charge in [0.25, 0.3) is 0 Å². The van der Waals surface area contributed by atoms with Gasteiger partial charge >= 0.3 is 0 Å². The average molecular weight is 277 g/mol. The summed E-state index contributed by atoms with van der Waals surface area (Å²) in [6, 6.07) is 1.07. The van der Waals surface area contributed by atoms with Crippen molar-refractivity contribution >= 4 is 0 Å². The van der Waals surface area contributed by atoms with Crippen LogP contribution in [-0.4, -0.2) is 22.4 Å². The molecule has 0 bridgehead atoms. The smallest absolute Gasteiger partial charge is 0.0701 e. The van der Waals surface area contributed by atoms with E-state index in [9.17, 15) is 0 Å². The number of hydrogen-bond donors (Lipinski definition) is 1. The molecule has 1 aliphatic rings. The van der Waals surface area contributed by atoms with Crippen LogP contribution in [0.1, 0.15) is 63.0 Å². The Morgan fingerprint density at radius 2 is 1.90 bits per heavy atom. The zero-order valence-corrected chi connectivity index (χ0v) is 14.0. The lowest BCUT2D eigenvalue weighted by Gasteiger charge is -2.40. The van der Waals surface area contributed by atoms with Crippen molar-refractivity contribution in [2.45, 2.75) is 72.9 Å². The van der Waals surface area contributed by atoms with E-state index in [1.807, 2.05) is 0 Å². The number of nitrogens with one attached hydrogen (secondary N) is 1. The number of hydrogen-bond acceptors (Lipinski definition) is 2. The second-order valence-electron chi connectivity index (χ2n) is 6.85. The maximum absolute atomic E-state index is 4.84. The van der Waals surface area contributed by atoms with Crippen molar-refractivity contribution in [1.29, 1.82) is 0 Å². The van der Waals surface area contributed by atoms with E-state index in [4.69, 9.17) is 5.10 Å². The summed E-state index contributed by atoms with van der Waals surface area (Å²) < 4.78 is 2.31. The predicted molar refractivity (Wildman–Crippen MR) is 85.1 cm³/mol. The first-order chi connectivity index (χ1) is 9.45. The maximum atomic E-state index is 4.84. The Morgan fingerprint density at radius 1 is 1.20 bits per heavy atom. The SMILES string of the molecule is CCCNC1CC(C)CC(C)C1n1nc(C)c(C)c1C. The van der Waals surface area contributed by atoms with Crippen molar-refractivity contribution in [1.82, 2.24) is 15.1 Å². The van der Waals surface area contributed by atoms with Gasteiger partial charge in [-0.15, -0.1) is 0 Å². The van der Waals surface area contributed by atoms with E-state index in [2.05, 4.69) is 51.5 Å². The fourth-order valence-corrected chi connectivity index (χ4v) is 3.82. The van der Waals surface area contributed by atoms with E-state index < -0.39 is 0 Å². The molecule has 1 aliphatic carbocycles. The Bertz CT molecular complexity index is 449. The van der Waals surface area contributed by atoms with Gasteiger partial charge in [0.1, 0.15) is 0 Å². The largest absolute Gasteiger partial charge is 0.312 e. The van der Waals surface area contributed by atoms with Crippen molar-refractivity contribution in [3.8, 4) is 0 Å². The van der Waals surface area contributed by atoms with Crippen molar-refractivity contribution in [3.05, 3.63) is 17.0 Å². The van der Waals surface area contributed by atoms with Gasteiger partial charge in [-0.2, -0.15) is 5.10 Å². The third-order valence-electron chi connectivity index (χ3n) is 5.05. The van der Waals surface area contributed by atoms with Gasteiger partial charge in [-0.05, 0) is 64.0 Å². The summed E-state index contributed by atoms with van der Waals surface area (Å²) >= 11 is 0. The van der Waals surface area contributed by atoms with Crippen LogP contribution < -0.4 is 5.32 Å². The molecule has 2 rings (SSSR count). The lowest BCUT2D eigenvalue weighted by molar-refractivity contribution is 0.141. The minimum atomic E-state index is 0.505. The zero-order chi connectivity index (χ0) is 14.9. The molecule has 0 saturated heterocycles. The lowest BCUT2D eigenvalue weighted by atomic mass is 9.76. The highest BCUT2D eigenvalue weighted by molar-refractivity contribution is 5.23. The summed E-state index contributed by atoms with van der Waals surface area (Å²) in [4.78, 5) is 0. The molecule has 1 aromatic heterocycles. The van der Waals surface area contributed by atoms with Gasteiger partial charge in [-0.25, -0.2) is 0 Å². The number of nitrogens with zero attached hydrogens (tertiary/aromatic N) is 2. The molecule has 0 spiro atoms. The molecule has 20 heavy (non-hydrogen) atoms. The molecule has 3 nitrogen and oxygen atoms in total.